The van der Waals surface area contributed by atoms with Gasteiger partial charge in [-0.05, 0) is 25.5 Å². The summed E-state index contributed by atoms with van der Waals surface area (Å²) >= 11 is 1.16. The lowest BCUT2D eigenvalue weighted by Crippen LogP contribution is -2.43. The highest BCUT2D eigenvalue weighted by Gasteiger charge is 2.21. The summed E-state index contributed by atoms with van der Waals surface area (Å²) in [6.07, 6.45) is 1.17. The normalized spacial score (nSPS) is 10.4. The third-order valence-electron chi connectivity index (χ3n) is 4.53. The highest BCUT2D eigenvalue weighted by Crippen LogP contribution is 2.35. The largest absolute Gasteiger partial charge is 0.462 e. The number of aromatic nitrogens is 2. The molecule has 9 nitrogen and oxygen atoms in total. The zero-order valence-electron chi connectivity index (χ0n) is 17.5. The lowest BCUT2D eigenvalue weighted by atomic mass is 10.2. The van der Waals surface area contributed by atoms with Crippen molar-refractivity contribution >= 4 is 28.9 Å². The smallest absolute Gasteiger partial charge is 0.350 e. The molecule has 2 heterocycles. The lowest BCUT2D eigenvalue weighted by molar-refractivity contribution is -0.116. The molecule has 1 N–H and O–H groups in total. The molecule has 0 aliphatic heterocycles. The number of carbonyl (C=O) groups is 2. The molecule has 0 aliphatic carbocycles. The van der Waals surface area contributed by atoms with Gasteiger partial charge in [0.2, 0.25) is 5.91 Å². The number of rotatable bonds is 7. The van der Waals surface area contributed by atoms with Crippen LogP contribution >= 0.6 is 11.3 Å². The van der Waals surface area contributed by atoms with Crippen LogP contribution in [0.2, 0.25) is 0 Å². The topological polar surface area (TPSA) is 123 Å². The number of carbonyl (C=O) groups excluding carboxylic acids is 2. The Bertz CT molecular complexity index is 1310. The molecule has 0 atom stereocenters. The summed E-state index contributed by atoms with van der Waals surface area (Å²) in [5.74, 6) is -1.28. The standard InChI is InChI=1S/C22H20N4O5S/c1-3-25-12-15(11-23)20(28)26(22(25)30)13-18(27)24-16-10-17(14-8-6-5-7-9-14)32-19(16)21(29)31-4-2/h5-10,12H,3-4,13H2,1-2H3,(H,24,27). The average Bonchev–Trinajstić information content (AvgIpc) is 3.21. The van der Waals surface area contributed by atoms with Crippen molar-refractivity contribution in [1.82, 2.24) is 9.13 Å². The number of amides is 1. The predicted molar refractivity (Wildman–Crippen MR) is 120 cm³/mol. The Morgan fingerprint density at radius 2 is 1.91 bits per heavy atom. The van der Waals surface area contributed by atoms with Crippen LogP contribution in [0.4, 0.5) is 5.69 Å². The Morgan fingerprint density at radius 1 is 1.19 bits per heavy atom. The van der Waals surface area contributed by atoms with Crippen molar-refractivity contribution in [1.29, 1.82) is 5.26 Å². The number of benzene rings is 1. The van der Waals surface area contributed by atoms with E-state index < -0.39 is 29.7 Å². The first-order valence-electron chi connectivity index (χ1n) is 9.80. The maximum Gasteiger partial charge on any atom is 0.350 e. The third-order valence-corrected chi connectivity index (χ3v) is 5.69. The second-order valence-corrected chi connectivity index (χ2v) is 7.65. The van der Waals surface area contributed by atoms with Crippen LogP contribution in [-0.4, -0.2) is 27.6 Å². The predicted octanol–water partition coefficient (Wildman–Crippen LogP) is 2.45. The molecular formula is C22H20N4O5S. The number of esters is 1. The van der Waals surface area contributed by atoms with E-state index in [9.17, 15) is 19.2 Å². The van der Waals surface area contributed by atoms with Crippen LogP contribution < -0.4 is 16.6 Å². The van der Waals surface area contributed by atoms with Crippen molar-refractivity contribution in [3.8, 4) is 16.5 Å². The van der Waals surface area contributed by atoms with Crippen molar-refractivity contribution in [2.75, 3.05) is 11.9 Å². The number of nitrogens with zero attached hydrogens (tertiary/aromatic N) is 3. The van der Waals surface area contributed by atoms with Gasteiger partial charge in [0.25, 0.3) is 5.56 Å². The fraction of sp³-hybridized carbons (Fsp3) is 0.227. The summed E-state index contributed by atoms with van der Waals surface area (Å²) in [7, 11) is 0. The van der Waals surface area contributed by atoms with E-state index >= 15 is 0 Å². The van der Waals surface area contributed by atoms with E-state index in [2.05, 4.69) is 5.32 Å². The first-order valence-corrected chi connectivity index (χ1v) is 10.6. The molecule has 0 spiro atoms. The van der Waals surface area contributed by atoms with Crippen molar-refractivity contribution in [3.63, 3.8) is 0 Å². The summed E-state index contributed by atoms with van der Waals surface area (Å²) in [6.45, 7) is 3.14. The average molecular weight is 452 g/mol. The van der Waals surface area contributed by atoms with Crippen LogP contribution in [0.5, 0.6) is 0 Å². The first kappa shape index (κ1) is 22.7. The number of ether oxygens (including phenoxy) is 1. The van der Waals surface area contributed by atoms with Gasteiger partial charge >= 0.3 is 11.7 Å². The molecule has 3 aromatic rings. The van der Waals surface area contributed by atoms with E-state index in [1.54, 1.807) is 26.0 Å². The van der Waals surface area contributed by atoms with Gasteiger partial charge in [0.1, 0.15) is 23.1 Å². The number of nitriles is 1. The maximum absolute atomic E-state index is 12.7. The van der Waals surface area contributed by atoms with E-state index in [1.165, 1.54) is 10.8 Å². The van der Waals surface area contributed by atoms with Crippen LogP contribution in [0.25, 0.3) is 10.4 Å². The molecular weight excluding hydrogens is 432 g/mol. The number of nitrogens with one attached hydrogen (secondary N) is 1. The molecule has 0 aliphatic rings. The Morgan fingerprint density at radius 3 is 2.53 bits per heavy atom. The Kier molecular flexibility index (Phi) is 7.02. The zero-order chi connectivity index (χ0) is 23.3. The number of thiophene rings is 1. The molecule has 1 amide bonds. The van der Waals surface area contributed by atoms with Crippen LogP contribution in [0.3, 0.4) is 0 Å². The summed E-state index contributed by atoms with van der Waals surface area (Å²) in [5.41, 5.74) is -0.718. The SMILES string of the molecule is CCOC(=O)c1sc(-c2ccccc2)cc1NC(=O)Cn1c(=O)c(C#N)cn(CC)c1=O. The maximum atomic E-state index is 12.7. The van der Waals surface area contributed by atoms with E-state index in [0.29, 0.717) is 4.57 Å². The van der Waals surface area contributed by atoms with Crippen LogP contribution in [0.1, 0.15) is 29.1 Å². The molecule has 2 aromatic heterocycles. The summed E-state index contributed by atoms with van der Waals surface area (Å²) in [5, 5.41) is 11.8. The highest BCUT2D eigenvalue weighted by atomic mass is 32.1. The molecule has 0 radical (unpaired) electrons. The Hall–Kier alpha value is -3.97. The molecule has 0 unspecified atom stereocenters. The summed E-state index contributed by atoms with van der Waals surface area (Å²) in [6, 6.07) is 12.7. The van der Waals surface area contributed by atoms with Gasteiger partial charge in [0.15, 0.2) is 0 Å². The molecule has 32 heavy (non-hydrogen) atoms. The summed E-state index contributed by atoms with van der Waals surface area (Å²) in [4.78, 5) is 51.0. The fourth-order valence-electron chi connectivity index (χ4n) is 3.01. The molecule has 10 heteroatoms. The van der Waals surface area contributed by atoms with Crippen molar-refractivity contribution in [2.24, 2.45) is 0 Å². The Balaban J connectivity index is 1.95. The van der Waals surface area contributed by atoms with Crippen molar-refractivity contribution < 1.29 is 14.3 Å². The summed E-state index contributed by atoms with van der Waals surface area (Å²) < 4.78 is 6.97. The lowest BCUT2D eigenvalue weighted by Gasteiger charge is -2.10. The number of anilines is 1. The van der Waals surface area contributed by atoms with E-state index in [0.717, 1.165) is 21.8 Å². The van der Waals surface area contributed by atoms with Gasteiger partial charge in [-0.3, -0.25) is 14.2 Å². The van der Waals surface area contributed by atoms with Gasteiger partial charge in [0, 0.05) is 17.6 Å². The minimum absolute atomic E-state index is 0.164. The van der Waals surface area contributed by atoms with Crippen LogP contribution in [0.15, 0.2) is 52.2 Å². The van der Waals surface area contributed by atoms with Gasteiger partial charge in [-0.15, -0.1) is 11.3 Å². The monoisotopic (exact) mass is 452 g/mol. The van der Waals surface area contributed by atoms with E-state index in [4.69, 9.17) is 10.00 Å². The minimum Gasteiger partial charge on any atom is -0.462 e. The molecule has 0 saturated carbocycles. The third kappa shape index (κ3) is 4.68. The molecule has 164 valence electrons. The fourth-order valence-corrected chi connectivity index (χ4v) is 4.02. The van der Waals surface area contributed by atoms with Gasteiger partial charge in [-0.2, -0.15) is 5.26 Å². The number of hydrogen-bond donors (Lipinski definition) is 1. The van der Waals surface area contributed by atoms with Gasteiger partial charge in [0.05, 0.1) is 12.3 Å². The molecule has 0 saturated heterocycles. The van der Waals surface area contributed by atoms with Crippen LogP contribution in [-0.2, 0) is 22.6 Å². The van der Waals surface area contributed by atoms with Crippen LogP contribution in [0, 0.1) is 11.3 Å². The van der Waals surface area contributed by atoms with Crippen molar-refractivity contribution in [3.05, 3.63) is 73.9 Å². The van der Waals surface area contributed by atoms with Gasteiger partial charge < -0.3 is 10.1 Å². The minimum atomic E-state index is -0.849. The van der Waals surface area contributed by atoms with E-state index in [1.807, 2.05) is 30.3 Å². The highest BCUT2D eigenvalue weighted by molar-refractivity contribution is 7.18. The molecule has 3 rings (SSSR count). The molecule has 1 aromatic carbocycles. The quantitative estimate of drug-likeness (QED) is 0.549. The van der Waals surface area contributed by atoms with Crippen molar-refractivity contribution in [2.45, 2.75) is 26.9 Å². The van der Waals surface area contributed by atoms with Gasteiger partial charge in [-0.1, -0.05) is 30.3 Å². The number of hydrogen-bond acceptors (Lipinski definition) is 7. The Labute approximate surface area is 187 Å². The van der Waals surface area contributed by atoms with E-state index in [-0.39, 0.29) is 29.3 Å². The second-order valence-electron chi connectivity index (χ2n) is 6.60. The molecule has 0 bridgehead atoms. The number of aryl methyl sites for hydroxylation is 1. The first-order chi connectivity index (χ1) is 15.4. The zero-order valence-corrected chi connectivity index (χ0v) is 18.3. The van der Waals surface area contributed by atoms with Gasteiger partial charge in [-0.25, -0.2) is 14.2 Å². The molecule has 0 fully saturated rings. The second kappa shape index (κ2) is 9.89.